The second-order valence-electron chi connectivity index (χ2n) is 6.15. The van der Waals surface area contributed by atoms with Crippen LogP contribution in [0.15, 0.2) is 54.6 Å². The van der Waals surface area contributed by atoms with Crippen molar-refractivity contribution >= 4 is 5.91 Å². The van der Waals surface area contributed by atoms with Gasteiger partial charge in [0.2, 0.25) is 0 Å². The second-order valence-corrected chi connectivity index (χ2v) is 6.15. The first-order valence-corrected chi connectivity index (χ1v) is 7.45. The minimum absolute atomic E-state index is 0.201. The van der Waals surface area contributed by atoms with E-state index in [-0.39, 0.29) is 12.5 Å². The number of amides is 1. The number of carbonyl (C=O) groups excluding carboxylic acids is 1. The normalized spacial score (nSPS) is 10.9. The number of hydrogen-bond acceptors (Lipinski definition) is 3. The third-order valence-electron chi connectivity index (χ3n) is 3.32. The smallest absolute Gasteiger partial charge is 0.254 e. The minimum Gasteiger partial charge on any atom is -0.389 e. The third kappa shape index (κ3) is 4.94. The molecule has 23 heavy (non-hydrogen) atoms. The van der Waals surface area contributed by atoms with Crippen LogP contribution >= 0.6 is 0 Å². The van der Waals surface area contributed by atoms with E-state index in [0.29, 0.717) is 17.7 Å². The monoisotopic (exact) mass is 308 g/mol. The van der Waals surface area contributed by atoms with Gasteiger partial charge < -0.3 is 10.0 Å². The molecule has 4 nitrogen and oxygen atoms in total. The Morgan fingerprint density at radius 3 is 2.48 bits per heavy atom. The molecular formula is C19H20N2O2. The van der Waals surface area contributed by atoms with Crippen molar-refractivity contribution in [2.75, 3.05) is 6.54 Å². The highest BCUT2D eigenvalue weighted by molar-refractivity contribution is 5.94. The average Bonchev–Trinajstić information content (AvgIpc) is 2.53. The van der Waals surface area contributed by atoms with Gasteiger partial charge in [-0.25, -0.2) is 0 Å². The van der Waals surface area contributed by atoms with E-state index in [2.05, 4.69) is 0 Å². The molecule has 2 aromatic rings. The number of hydrogen-bond donors (Lipinski definition) is 1. The van der Waals surface area contributed by atoms with E-state index in [4.69, 9.17) is 5.26 Å². The van der Waals surface area contributed by atoms with E-state index in [1.54, 1.807) is 43.0 Å². The molecule has 0 radical (unpaired) electrons. The van der Waals surface area contributed by atoms with E-state index in [1.165, 1.54) is 0 Å². The van der Waals surface area contributed by atoms with Crippen molar-refractivity contribution in [3.8, 4) is 6.07 Å². The molecule has 0 fully saturated rings. The molecule has 0 unspecified atom stereocenters. The first-order chi connectivity index (χ1) is 10.9. The highest BCUT2D eigenvalue weighted by Crippen LogP contribution is 2.15. The van der Waals surface area contributed by atoms with E-state index in [1.807, 2.05) is 36.4 Å². The van der Waals surface area contributed by atoms with Gasteiger partial charge in [-0.15, -0.1) is 0 Å². The Balaban J connectivity index is 2.28. The van der Waals surface area contributed by atoms with E-state index >= 15 is 0 Å². The summed E-state index contributed by atoms with van der Waals surface area (Å²) < 4.78 is 0. The van der Waals surface area contributed by atoms with Gasteiger partial charge in [0.1, 0.15) is 0 Å². The molecule has 0 saturated carbocycles. The zero-order valence-electron chi connectivity index (χ0n) is 13.4. The van der Waals surface area contributed by atoms with Crippen LogP contribution in [0.25, 0.3) is 0 Å². The average molecular weight is 308 g/mol. The Morgan fingerprint density at radius 1 is 1.17 bits per heavy atom. The molecule has 0 aliphatic heterocycles. The lowest BCUT2D eigenvalue weighted by atomic mass is 10.1. The number of rotatable bonds is 5. The highest BCUT2D eigenvalue weighted by atomic mass is 16.3. The number of nitrogens with zero attached hydrogens (tertiary/aromatic N) is 2. The molecule has 4 heteroatoms. The van der Waals surface area contributed by atoms with Gasteiger partial charge in [-0.2, -0.15) is 5.26 Å². The Hall–Kier alpha value is -2.64. The third-order valence-corrected chi connectivity index (χ3v) is 3.32. The van der Waals surface area contributed by atoms with Crippen LogP contribution < -0.4 is 0 Å². The topological polar surface area (TPSA) is 64.3 Å². The maximum absolute atomic E-state index is 12.8. The van der Waals surface area contributed by atoms with E-state index in [0.717, 1.165) is 5.56 Å². The molecule has 2 rings (SSSR count). The lowest BCUT2D eigenvalue weighted by Gasteiger charge is -2.29. The van der Waals surface area contributed by atoms with Crippen LogP contribution in [0.5, 0.6) is 0 Å². The van der Waals surface area contributed by atoms with Crippen LogP contribution in [-0.2, 0) is 6.54 Å². The molecule has 2 aromatic carbocycles. The van der Waals surface area contributed by atoms with Crippen molar-refractivity contribution < 1.29 is 9.90 Å². The maximum Gasteiger partial charge on any atom is 0.254 e. The molecule has 118 valence electrons. The Kier molecular flexibility index (Phi) is 5.15. The standard InChI is InChI=1S/C19H20N2O2/c1-19(2,23)14-21(13-15-7-4-3-5-8-15)18(22)17-10-6-9-16(11-17)12-20/h3-11,23H,13-14H2,1-2H3. The minimum atomic E-state index is -1.00. The van der Waals surface area contributed by atoms with Crippen LogP contribution in [0.3, 0.4) is 0 Å². The van der Waals surface area contributed by atoms with E-state index < -0.39 is 5.60 Å². The van der Waals surface area contributed by atoms with Gasteiger partial charge in [-0.1, -0.05) is 36.4 Å². The summed E-state index contributed by atoms with van der Waals surface area (Å²) in [5.41, 5.74) is 0.877. The van der Waals surface area contributed by atoms with Gasteiger partial charge in [-0.3, -0.25) is 4.79 Å². The Labute approximate surface area is 136 Å². The summed E-state index contributed by atoms with van der Waals surface area (Å²) >= 11 is 0. The fraction of sp³-hybridized carbons (Fsp3) is 0.263. The molecule has 0 aliphatic rings. The fourth-order valence-corrected chi connectivity index (χ4v) is 2.37. The zero-order valence-corrected chi connectivity index (χ0v) is 13.4. The number of aliphatic hydroxyl groups is 1. The molecule has 1 N–H and O–H groups in total. The maximum atomic E-state index is 12.8. The van der Waals surface area contributed by atoms with Crippen LogP contribution in [0.4, 0.5) is 0 Å². The number of carbonyl (C=O) groups is 1. The quantitative estimate of drug-likeness (QED) is 0.923. The molecular weight excluding hydrogens is 288 g/mol. The van der Waals surface area contributed by atoms with Gasteiger partial charge >= 0.3 is 0 Å². The predicted molar refractivity (Wildman–Crippen MR) is 88.6 cm³/mol. The Morgan fingerprint density at radius 2 is 1.87 bits per heavy atom. The van der Waals surface area contributed by atoms with Gasteiger partial charge in [0.15, 0.2) is 0 Å². The van der Waals surface area contributed by atoms with Crippen molar-refractivity contribution in [2.24, 2.45) is 0 Å². The molecule has 0 spiro atoms. The lowest BCUT2D eigenvalue weighted by Crippen LogP contribution is -2.41. The first-order valence-electron chi connectivity index (χ1n) is 7.45. The van der Waals surface area contributed by atoms with Crippen molar-refractivity contribution in [2.45, 2.75) is 26.0 Å². The zero-order chi connectivity index (χ0) is 16.9. The van der Waals surface area contributed by atoms with Gasteiger partial charge in [0, 0.05) is 18.7 Å². The second kappa shape index (κ2) is 7.08. The van der Waals surface area contributed by atoms with E-state index in [9.17, 15) is 9.90 Å². The van der Waals surface area contributed by atoms with Crippen LogP contribution in [-0.4, -0.2) is 28.1 Å². The molecule has 0 atom stereocenters. The lowest BCUT2D eigenvalue weighted by molar-refractivity contribution is 0.0280. The van der Waals surface area contributed by atoms with Gasteiger partial charge in [0.05, 0.1) is 17.2 Å². The summed E-state index contributed by atoms with van der Waals surface area (Å²) in [6.45, 7) is 3.95. The van der Waals surface area contributed by atoms with Crippen molar-refractivity contribution in [3.05, 3.63) is 71.3 Å². The van der Waals surface area contributed by atoms with Crippen molar-refractivity contribution in [1.29, 1.82) is 5.26 Å². The highest BCUT2D eigenvalue weighted by Gasteiger charge is 2.23. The SMILES string of the molecule is CC(C)(O)CN(Cc1ccccc1)C(=O)c1cccc(C#N)c1. The summed E-state index contributed by atoms with van der Waals surface area (Å²) in [4.78, 5) is 14.4. The first kappa shape index (κ1) is 16.7. The van der Waals surface area contributed by atoms with Crippen LogP contribution in [0.1, 0.15) is 35.3 Å². The van der Waals surface area contributed by atoms with Crippen molar-refractivity contribution in [1.82, 2.24) is 4.90 Å². The summed E-state index contributed by atoms with van der Waals surface area (Å²) in [6.07, 6.45) is 0. The van der Waals surface area contributed by atoms with Gasteiger partial charge in [0.25, 0.3) is 5.91 Å². The molecule has 0 heterocycles. The summed E-state index contributed by atoms with van der Waals surface area (Å²) in [7, 11) is 0. The summed E-state index contributed by atoms with van der Waals surface area (Å²) in [6, 6.07) is 18.3. The number of nitriles is 1. The molecule has 0 aromatic heterocycles. The molecule has 1 amide bonds. The van der Waals surface area contributed by atoms with Crippen LogP contribution in [0, 0.1) is 11.3 Å². The molecule has 0 bridgehead atoms. The largest absolute Gasteiger partial charge is 0.389 e. The fourth-order valence-electron chi connectivity index (χ4n) is 2.37. The summed E-state index contributed by atoms with van der Waals surface area (Å²) in [5, 5.41) is 19.1. The summed E-state index contributed by atoms with van der Waals surface area (Å²) in [5.74, 6) is -0.201. The van der Waals surface area contributed by atoms with Gasteiger partial charge in [-0.05, 0) is 37.6 Å². The molecule has 0 aliphatic carbocycles. The number of benzene rings is 2. The van der Waals surface area contributed by atoms with Crippen molar-refractivity contribution in [3.63, 3.8) is 0 Å². The molecule has 0 saturated heterocycles. The Bertz CT molecular complexity index is 712. The predicted octanol–water partition coefficient (Wildman–Crippen LogP) is 2.97. The van der Waals surface area contributed by atoms with Crippen LogP contribution in [0.2, 0.25) is 0 Å².